The molecule has 2 aromatic rings. The Morgan fingerprint density at radius 3 is 2.55 bits per heavy atom. The van der Waals surface area contributed by atoms with E-state index in [1.54, 1.807) is 6.07 Å². The first-order valence-electron chi connectivity index (χ1n) is 6.80. The minimum atomic E-state index is -0.280. The molecule has 20 heavy (non-hydrogen) atoms. The first-order valence-corrected chi connectivity index (χ1v) is 7.34. The molecule has 1 nitrogen and oxygen atoms in total. The van der Waals surface area contributed by atoms with E-state index in [0.29, 0.717) is 17.9 Å². The van der Waals surface area contributed by atoms with Gasteiger partial charge < -0.3 is 4.74 Å². The molecule has 0 aromatic heterocycles. The first-order chi connectivity index (χ1) is 9.79. The van der Waals surface area contributed by atoms with Crippen molar-refractivity contribution in [3.05, 3.63) is 65.5 Å². The number of aryl methyl sites for hydroxylation is 1. The second-order valence-corrected chi connectivity index (χ2v) is 4.94. The van der Waals surface area contributed by atoms with E-state index in [2.05, 4.69) is 24.3 Å². The van der Waals surface area contributed by atoms with Crippen LogP contribution in [-0.4, -0.2) is 6.61 Å². The number of halogens is 2. The summed E-state index contributed by atoms with van der Waals surface area (Å²) in [6, 6.07) is 14.9. The molecule has 0 radical (unpaired) electrons. The molecule has 3 heteroatoms. The SMILES string of the molecule is Fc1ccc(OCCCCc2ccccc2)c(CCl)c1. The Balaban J connectivity index is 1.73. The number of unbranched alkanes of at least 4 members (excludes halogenated alkanes) is 1. The van der Waals surface area contributed by atoms with Crippen molar-refractivity contribution in [2.45, 2.75) is 25.1 Å². The van der Waals surface area contributed by atoms with Crippen LogP contribution in [0.1, 0.15) is 24.0 Å². The molecule has 0 heterocycles. The second-order valence-electron chi connectivity index (χ2n) is 4.68. The largest absolute Gasteiger partial charge is 0.493 e. The topological polar surface area (TPSA) is 9.23 Å². The van der Waals surface area contributed by atoms with Gasteiger partial charge in [0, 0.05) is 5.56 Å². The summed E-state index contributed by atoms with van der Waals surface area (Å²) in [6.07, 6.45) is 3.09. The third-order valence-electron chi connectivity index (χ3n) is 3.13. The van der Waals surface area contributed by atoms with Crippen LogP contribution in [0.5, 0.6) is 5.75 Å². The van der Waals surface area contributed by atoms with Gasteiger partial charge in [-0.25, -0.2) is 4.39 Å². The smallest absolute Gasteiger partial charge is 0.123 e. The fourth-order valence-corrected chi connectivity index (χ4v) is 2.26. The van der Waals surface area contributed by atoms with Crippen molar-refractivity contribution in [1.82, 2.24) is 0 Å². The van der Waals surface area contributed by atoms with E-state index in [-0.39, 0.29) is 11.7 Å². The Kier molecular flexibility index (Phi) is 5.87. The Morgan fingerprint density at radius 1 is 1.00 bits per heavy atom. The molecule has 0 saturated carbocycles. The summed E-state index contributed by atoms with van der Waals surface area (Å²) >= 11 is 5.78. The first kappa shape index (κ1) is 14.9. The van der Waals surface area contributed by atoms with Crippen LogP contribution >= 0.6 is 11.6 Å². The Morgan fingerprint density at radius 2 is 1.80 bits per heavy atom. The molecular formula is C17H18ClFO. The van der Waals surface area contributed by atoms with Gasteiger partial charge in [0.1, 0.15) is 11.6 Å². The van der Waals surface area contributed by atoms with Crippen molar-refractivity contribution in [1.29, 1.82) is 0 Å². The molecule has 106 valence electrons. The van der Waals surface area contributed by atoms with Crippen LogP contribution in [0.15, 0.2) is 48.5 Å². The van der Waals surface area contributed by atoms with Crippen LogP contribution in [0.4, 0.5) is 4.39 Å². The average Bonchev–Trinajstić information content (AvgIpc) is 2.49. The minimum Gasteiger partial charge on any atom is -0.493 e. The third kappa shape index (κ3) is 4.53. The fourth-order valence-electron chi connectivity index (χ4n) is 2.05. The molecule has 0 spiro atoms. The Hall–Kier alpha value is -1.54. The highest BCUT2D eigenvalue weighted by Crippen LogP contribution is 2.21. The van der Waals surface area contributed by atoms with Gasteiger partial charge >= 0.3 is 0 Å². The van der Waals surface area contributed by atoms with Gasteiger partial charge in [-0.2, -0.15) is 0 Å². The molecule has 0 fully saturated rings. The Bertz CT molecular complexity index is 528. The lowest BCUT2D eigenvalue weighted by molar-refractivity contribution is 0.304. The number of ether oxygens (including phenoxy) is 1. The Labute approximate surface area is 124 Å². The standard InChI is InChI=1S/C17H18ClFO/c18-13-15-12-16(19)9-10-17(15)20-11-5-4-8-14-6-2-1-3-7-14/h1-3,6-7,9-10,12H,4-5,8,11,13H2. The summed E-state index contributed by atoms with van der Waals surface area (Å²) in [4.78, 5) is 0. The van der Waals surface area contributed by atoms with Crippen molar-refractivity contribution in [3.63, 3.8) is 0 Å². The van der Waals surface area contributed by atoms with Crippen molar-refractivity contribution < 1.29 is 9.13 Å². The maximum atomic E-state index is 13.1. The molecular weight excluding hydrogens is 275 g/mol. The lowest BCUT2D eigenvalue weighted by Crippen LogP contribution is -2.01. The van der Waals surface area contributed by atoms with Gasteiger partial charge in [0.05, 0.1) is 12.5 Å². The molecule has 0 amide bonds. The van der Waals surface area contributed by atoms with E-state index >= 15 is 0 Å². The van der Waals surface area contributed by atoms with E-state index < -0.39 is 0 Å². The maximum Gasteiger partial charge on any atom is 0.123 e. The second kappa shape index (κ2) is 7.91. The summed E-state index contributed by atoms with van der Waals surface area (Å²) in [5.41, 5.74) is 2.05. The average molecular weight is 293 g/mol. The van der Waals surface area contributed by atoms with E-state index in [4.69, 9.17) is 16.3 Å². The highest BCUT2D eigenvalue weighted by Gasteiger charge is 2.04. The van der Waals surface area contributed by atoms with Crippen LogP contribution in [0.25, 0.3) is 0 Å². The molecule has 0 bridgehead atoms. The molecule has 2 rings (SSSR count). The molecule has 0 atom stereocenters. The van der Waals surface area contributed by atoms with Gasteiger partial charge in [-0.15, -0.1) is 11.6 Å². The minimum absolute atomic E-state index is 0.261. The molecule has 0 aliphatic heterocycles. The van der Waals surface area contributed by atoms with Crippen molar-refractivity contribution in [2.75, 3.05) is 6.61 Å². The maximum absolute atomic E-state index is 13.1. The van der Waals surface area contributed by atoms with E-state index in [1.807, 2.05) is 6.07 Å². The quantitative estimate of drug-likeness (QED) is 0.517. The van der Waals surface area contributed by atoms with Crippen LogP contribution in [0.3, 0.4) is 0 Å². The molecule has 0 aliphatic carbocycles. The lowest BCUT2D eigenvalue weighted by atomic mass is 10.1. The monoisotopic (exact) mass is 292 g/mol. The zero-order valence-corrected chi connectivity index (χ0v) is 12.1. The fraction of sp³-hybridized carbons (Fsp3) is 0.294. The van der Waals surface area contributed by atoms with Gasteiger partial charge in [0.15, 0.2) is 0 Å². The number of hydrogen-bond acceptors (Lipinski definition) is 1. The van der Waals surface area contributed by atoms with Crippen molar-refractivity contribution in [2.24, 2.45) is 0 Å². The van der Waals surface area contributed by atoms with Crippen molar-refractivity contribution >= 4 is 11.6 Å². The van der Waals surface area contributed by atoms with Gasteiger partial charge in [0.2, 0.25) is 0 Å². The summed E-state index contributed by atoms with van der Waals surface area (Å²) in [6.45, 7) is 0.627. The van der Waals surface area contributed by atoms with Gasteiger partial charge in [0.25, 0.3) is 0 Å². The van der Waals surface area contributed by atoms with Gasteiger partial charge in [-0.05, 0) is 43.0 Å². The lowest BCUT2D eigenvalue weighted by Gasteiger charge is -2.10. The zero-order valence-electron chi connectivity index (χ0n) is 11.3. The highest BCUT2D eigenvalue weighted by atomic mass is 35.5. The van der Waals surface area contributed by atoms with E-state index in [9.17, 15) is 4.39 Å². The van der Waals surface area contributed by atoms with Crippen LogP contribution < -0.4 is 4.74 Å². The third-order valence-corrected chi connectivity index (χ3v) is 3.41. The number of hydrogen-bond donors (Lipinski definition) is 0. The van der Waals surface area contributed by atoms with Crippen LogP contribution in [0, 0.1) is 5.82 Å². The van der Waals surface area contributed by atoms with Gasteiger partial charge in [-0.3, -0.25) is 0 Å². The predicted octanol–water partition coefficient (Wildman–Crippen LogP) is 4.97. The van der Waals surface area contributed by atoms with Crippen molar-refractivity contribution in [3.8, 4) is 5.75 Å². The highest BCUT2D eigenvalue weighted by molar-refractivity contribution is 6.17. The van der Waals surface area contributed by atoms with Crippen LogP contribution in [0.2, 0.25) is 0 Å². The molecule has 0 N–H and O–H groups in total. The van der Waals surface area contributed by atoms with E-state index in [0.717, 1.165) is 19.3 Å². The normalized spacial score (nSPS) is 10.5. The number of alkyl halides is 1. The van der Waals surface area contributed by atoms with E-state index in [1.165, 1.54) is 17.7 Å². The summed E-state index contributed by atoms with van der Waals surface area (Å²) < 4.78 is 18.7. The van der Waals surface area contributed by atoms with Crippen LogP contribution in [-0.2, 0) is 12.3 Å². The molecule has 0 unspecified atom stereocenters. The summed E-state index contributed by atoms with van der Waals surface area (Å²) in [5, 5.41) is 0. The summed E-state index contributed by atoms with van der Waals surface area (Å²) in [7, 11) is 0. The molecule has 2 aromatic carbocycles. The zero-order chi connectivity index (χ0) is 14.2. The number of benzene rings is 2. The molecule has 0 aliphatic rings. The predicted molar refractivity (Wildman–Crippen MR) is 80.8 cm³/mol. The van der Waals surface area contributed by atoms with Gasteiger partial charge in [-0.1, -0.05) is 30.3 Å². The molecule has 0 saturated heterocycles. The number of rotatable bonds is 7. The summed E-state index contributed by atoms with van der Waals surface area (Å²) in [5.74, 6) is 0.662.